The molecule has 0 amide bonds. The number of aromatic nitrogens is 2. The highest BCUT2D eigenvalue weighted by atomic mass is 32.1. The molecule has 1 N–H and O–H groups in total. The maximum absolute atomic E-state index is 12.2. The molecule has 0 aliphatic heterocycles. The van der Waals surface area contributed by atoms with Gasteiger partial charge in [-0.15, -0.1) is 11.3 Å². The van der Waals surface area contributed by atoms with E-state index < -0.39 is 0 Å². The minimum atomic E-state index is 0.0297. The molecule has 0 radical (unpaired) electrons. The van der Waals surface area contributed by atoms with Crippen molar-refractivity contribution in [1.29, 1.82) is 0 Å². The normalized spacial score (nSPS) is 22.8. The van der Waals surface area contributed by atoms with Crippen molar-refractivity contribution < 1.29 is 0 Å². The predicted molar refractivity (Wildman–Crippen MR) is 80.0 cm³/mol. The van der Waals surface area contributed by atoms with E-state index in [0.29, 0.717) is 11.3 Å². The third kappa shape index (κ3) is 2.34. The molecular formula is C15H20N2OS. The molecule has 19 heavy (non-hydrogen) atoms. The molecule has 0 spiro atoms. The standard InChI is InChI=1S/C15H20N2OS/c1-9-8-19-14-11(9)13(18)16-12(17-14)10-5-4-6-15(2,3)7-10/h8,10H,4-7H2,1-3H3,(H,16,17,18)/t10-/m1/s1. The molecule has 1 aliphatic carbocycles. The Hall–Kier alpha value is -1.16. The molecule has 2 aromatic heterocycles. The first-order valence-corrected chi connectivity index (χ1v) is 7.82. The second-order valence-electron chi connectivity index (χ2n) is 6.51. The number of thiophene rings is 1. The first-order valence-electron chi connectivity index (χ1n) is 6.94. The van der Waals surface area contributed by atoms with Gasteiger partial charge in [0, 0.05) is 5.92 Å². The zero-order valence-electron chi connectivity index (χ0n) is 11.7. The molecule has 0 bridgehead atoms. The summed E-state index contributed by atoms with van der Waals surface area (Å²) in [6.07, 6.45) is 4.75. The van der Waals surface area contributed by atoms with Crippen LogP contribution in [0, 0.1) is 12.3 Å². The summed E-state index contributed by atoms with van der Waals surface area (Å²) in [5.41, 5.74) is 1.42. The molecule has 1 saturated carbocycles. The second kappa shape index (κ2) is 4.44. The van der Waals surface area contributed by atoms with Crippen molar-refractivity contribution >= 4 is 21.6 Å². The average molecular weight is 276 g/mol. The van der Waals surface area contributed by atoms with Crippen LogP contribution in [0.25, 0.3) is 10.2 Å². The first-order chi connectivity index (χ1) is 8.96. The summed E-state index contributed by atoms with van der Waals surface area (Å²) in [7, 11) is 0. The van der Waals surface area contributed by atoms with Gasteiger partial charge in [-0.1, -0.05) is 20.3 Å². The van der Waals surface area contributed by atoms with Crippen LogP contribution in [-0.4, -0.2) is 9.97 Å². The Balaban J connectivity index is 2.04. The number of hydrogen-bond acceptors (Lipinski definition) is 3. The van der Waals surface area contributed by atoms with Gasteiger partial charge in [-0.25, -0.2) is 4.98 Å². The molecule has 2 aromatic rings. The molecule has 2 heterocycles. The van der Waals surface area contributed by atoms with Crippen molar-refractivity contribution in [2.45, 2.75) is 52.4 Å². The Morgan fingerprint density at radius 1 is 1.47 bits per heavy atom. The smallest absolute Gasteiger partial charge is 0.259 e. The van der Waals surface area contributed by atoms with E-state index in [2.05, 4.69) is 18.8 Å². The number of nitrogens with one attached hydrogen (secondary N) is 1. The highest BCUT2D eigenvalue weighted by Gasteiger charge is 2.30. The minimum Gasteiger partial charge on any atom is -0.310 e. The highest BCUT2D eigenvalue weighted by molar-refractivity contribution is 7.16. The molecule has 1 fully saturated rings. The summed E-state index contributed by atoms with van der Waals surface area (Å²) in [6.45, 7) is 6.59. The third-order valence-corrected chi connectivity index (χ3v) is 5.23. The van der Waals surface area contributed by atoms with Crippen LogP contribution in [0.4, 0.5) is 0 Å². The lowest BCUT2D eigenvalue weighted by Gasteiger charge is -2.34. The number of hydrogen-bond donors (Lipinski definition) is 1. The lowest BCUT2D eigenvalue weighted by molar-refractivity contribution is 0.215. The van der Waals surface area contributed by atoms with Crippen LogP contribution in [0.3, 0.4) is 0 Å². The van der Waals surface area contributed by atoms with Crippen molar-refractivity contribution in [1.82, 2.24) is 9.97 Å². The molecule has 3 rings (SSSR count). The number of fused-ring (bicyclic) bond motifs is 1. The van der Waals surface area contributed by atoms with Crippen LogP contribution < -0.4 is 5.56 Å². The lowest BCUT2D eigenvalue weighted by Crippen LogP contribution is -2.24. The Morgan fingerprint density at radius 3 is 3.00 bits per heavy atom. The predicted octanol–water partition coefficient (Wildman–Crippen LogP) is 3.98. The number of rotatable bonds is 1. The Kier molecular flexibility index (Phi) is 3.01. The summed E-state index contributed by atoms with van der Waals surface area (Å²) in [4.78, 5) is 20.8. The number of nitrogens with zero attached hydrogens (tertiary/aromatic N) is 1. The molecule has 3 nitrogen and oxygen atoms in total. The van der Waals surface area contributed by atoms with E-state index in [1.54, 1.807) is 11.3 Å². The minimum absolute atomic E-state index is 0.0297. The summed E-state index contributed by atoms with van der Waals surface area (Å²) >= 11 is 1.58. The molecule has 0 aromatic carbocycles. The maximum atomic E-state index is 12.2. The van der Waals surface area contributed by atoms with Crippen molar-refractivity contribution in [3.63, 3.8) is 0 Å². The summed E-state index contributed by atoms with van der Waals surface area (Å²) in [5, 5.41) is 2.78. The summed E-state index contributed by atoms with van der Waals surface area (Å²) in [5.74, 6) is 1.30. The van der Waals surface area contributed by atoms with E-state index in [0.717, 1.165) is 34.4 Å². The van der Waals surface area contributed by atoms with E-state index in [9.17, 15) is 4.79 Å². The number of aromatic amines is 1. The zero-order chi connectivity index (χ0) is 13.6. The molecule has 102 valence electrons. The summed E-state index contributed by atoms with van der Waals surface area (Å²) < 4.78 is 0. The van der Waals surface area contributed by atoms with Gasteiger partial charge >= 0.3 is 0 Å². The monoisotopic (exact) mass is 276 g/mol. The van der Waals surface area contributed by atoms with Gasteiger partial charge in [-0.05, 0) is 42.5 Å². The van der Waals surface area contributed by atoms with Crippen LogP contribution in [0.15, 0.2) is 10.2 Å². The van der Waals surface area contributed by atoms with Gasteiger partial charge in [0.15, 0.2) is 0 Å². The fraction of sp³-hybridized carbons (Fsp3) is 0.600. The van der Waals surface area contributed by atoms with Gasteiger partial charge in [-0.2, -0.15) is 0 Å². The van der Waals surface area contributed by atoms with Crippen molar-refractivity contribution in [2.24, 2.45) is 5.41 Å². The molecule has 1 atom stereocenters. The van der Waals surface area contributed by atoms with Gasteiger partial charge in [0.1, 0.15) is 10.7 Å². The van der Waals surface area contributed by atoms with Crippen LogP contribution in [0.2, 0.25) is 0 Å². The number of aryl methyl sites for hydroxylation is 1. The topological polar surface area (TPSA) is 45.8 Å². The quantitative estimate of drug-likeness (QED) is 0.856. The van der Waals surface area contributed by atoms with Gasteiger partial charge in [0.25, 0.3) is 5.56 Å². The zero-order valence-corrected chi connectivity index (χ0v) is 12.6. The van der Waals surface area contributed by atoms with Crippen LogP contribution in [0.1, 0.15) is 56.8 Å². The second-order valence-corrected chi connectivity index (χ2v) is 7.37. The average Bonchev–Trinajstić information content (AvgIpc) is 2.70. The van der Waals surface area contributed by atoms with E-state index in [4.69, 9.17) is 4.98 Å². The van der Waals surface area contributed by atoms with Crippen molar-refractivity contribution in [3.8, 4) is 0 Å². The highest BCUT2D eigenvalue weighted by Crippen LogP contribution is 2.42. The third-order valence-electron chi connectivity index (χ3n) is 4.24. The Bertz CT molecular complexity index is 668. The van der Waals surface area contributed by atoms with E-state index in [1.165, 1.54) is 12.8 Å². The largest absolute Gasteiger partial charge is 0.310 e. The maximum Gasteiger partial charge on any atom is 0.259 e. The van der Waals surface area contributed by atoms with Crippen LogP contribution >= 0.6 is 11.3 Å². The van der Waals surface area contributed by atoms with E-state index in [-0.39, 0.29) is 5.56 Å². The van der Waals surface area contributed by atoms with Gasteiger partial charge in [0.05, 0.1) is 5.39 Å². The molecular weight excluding hydrogens is 256 g/mol. The molecule has 0 saturated heterocycles. The van der Waals surface area contributed by atoms with Crippen molar-refractivity contribution in [2.75, 3.05) is 0 Å². The first kappa shape index (κ1) is 12.9. The Morgan fingerprint density at radius 2 is 2.26 bits per heavy atom. The van der Waals surface area contributed by atoms with Crippen molar-refractivity contribution in [3.05, 3.63) is 27.1 Å². The van der Waals surface area contributed by atoms with E-state index >= 15 is 0 Å². The number of H-pyrrole nitrogens is 1. The molecule has 4 heteroatoms. The van der Waals surface area contributed by atoms with E-state index in [1.807, 2.05) is 12.3 Å². The fourth-order valence-electron chi connectivity index (χ4n) is 3.23. The molecule has 1 aliphatic rings. The van der Waals surface area contributed by atoms with Gasteiger partial charge in [-0.3, -0.25) is 4.79 Å². The SMILES string of the molecule is Cc1csc2nc([C@@H]3CCCC(C)(C)C3)[nH]c(=O)c12. The van der Waals surface area contributed by atoms with Crippen LogP contribution in [0.5, 0.6) is 0 Å². The van der Waals surface area contributed by atoms with Gasteiger partial charge in [0.2, 0.25) is 0 Å². The molecule has 0 unspecified atom stereocenters. The lowest BCUT2D eigenvalue weighted by atomic mass is 9.72. The fourth-order valence-corrected chi connectivity index (χ4v) is 4.16. The van der Waals surface area contributed by atoms with Gasteiger partial charge < -0.3 is 4.98 Å². The Labute approximate surface area is 117 Å². The van der Waals surface area contributed by atoms with Crippen LogP contribution in [-0.2, 0) is 0 Å². The summed E-state index contributed by atoms with van der Waals surface area (Å²) in [6, 6.07) is 0.